The first-order chi connectivity index (χ1) is 9.28. The molecule has 2 aliphatic rings. The molecule has 0 spiro atoms. The Bertz CT molecular complexity index is 478. The number of nitrogens with zero attached hydrogens (tertiary/aromatic N) is 1. The van der Waals surface area contributed by atoms with Crippen molar-refractivity contribution >= 4 is 11.7 Å². The summed E-state index contributed by atoms with van der Waals surface area (Å²) < 4.78 is 5.75. The summed E-state index contributed by atoms with van der Waals surface area (Å²) in [6.07, 6.45) is 5.36. The zero-order chi connectivity index (χ0) is 13.2. The average molecular weight is 261 g/mol. The van der Waals surface area contributed by atoms with Gasteiger partial charge in [-0.3, -0.25) is 4.79 Å². The molecule has 1 aromatic heterocycles. The Morgan fingerprint density at radius 2 is 2.42 bits per heavy atom. The molecule has 0 radical (unpaired) electrons. The van der Waals surface area contributed by atoms with E-state index in [0.717, 1.165) is 25.8 Å². The van der Waals surface area contributed by atoms with Crippen molar-refractivity contribution in [3.8, 4) is 0 Å². The number of carbonyl (C=O) groups excluding carboxylic acids is 1. The summed E-state index contributed by atoms with van der Waals surface area (Å²) in [6, 6.07) is 3.74. The molecule has 5 heteroatoms. The van der Waals surface area contributed by atoms with Crippen molar-refractivity contribution in [2.45, 2.75) is 44.4 Å². The van der Waals surface area contributed by atoms with Gasteiger partial charge < -0.3 is 15.4 Å². The van der Waals surface area contributed by atoms with Crippen molar-refractivity contribution in [2.24, 2.45) is 0 Å². The van der Waals surface area contributed by atoms with Gasteiger partial charge in [-0.25, -0.2) is 4.98 Å². The number of pyridine rings is 1. The van der Waals surface area contributed by atoms with Gasteiger partial charge in [0.15, 0.2) is 0 Å². The van der Waals surface area contributed by atoms with E-state index in [1.807, 2.05) is 6.92 Å². The Labute approximate surface area is 112 Å². The van der Waals surface area contributed by atoms with Crippen molar-refractivity contribution < 1.29 is 9.53 Å². The summed E-state index contributed by atoms with van der Waals surface area (Å²) in [5.74, 6) is 0.580. The van der Waals surface area contributed by atoms with E-state index in [1.165, 1.54) is 0 Å². The van der Waals surface area contributed by atoms with Crippen LogP contribution >= 0.6 is 0 Å². The molecule has 0 aromatic carbocycles. The lowest BCUT2D eigenvalue weighted by Gasteiger charge is -2.20. The fourth-order valence-corrected chi connectivity index (χ4v) is 2.93. The first-order valence-electron chi connectivity index (χ1n) is 6.93. The highest BCUT2D eigenvalue weighted by Crippen LogP contribution is 2.34. The van der Waals surface area contributed by atoms with Crippen LogP contribution in [0.15, 0.2) is 18.3 Å². The largest absolute Gasteiger partial charge is 0.373 e. The first kappa shape index (κ1) is 12.4. The van der Waals surface area contributed by atoms with Crippen LogP contribution < -0.4 is 10.6 Å². The summed E-state index contributed by atoms with van der Waals surface area (Å²) >= 11 is 0. The van der Waals surface area contributed by atoms with E-state index in [0.29, 0.717) is 17.5 Å². The third kappa shape index (κ3) is 2.42. The number of carbonyl (C=O) groups is 1. The van der Waals surface area contributed by atoms with Gasteiger partial charge in [-0.15, -0.1) is 0 Å². The van der Waals surface area contributed by atoms with Gasteiger partial charge in [0, 0.05) is 12.7 Å². The minimum Gasteiger partial charge on any atom is -0.373 e. The van der Waals surface area contributed by atoms with Gasteiger partial charge in [0.05, 0.1) is 23.8 Å². The van der Waals surface area contributed by atoms with Crippen molar-refractivity contribution in [1.82, 2.24) is 10.3 Å². The molecule has 3 unspecified atom stereocenters. The van der Waals surface area contributed by atoms with E-state index in [9.17, 15) is 4.79 Å². The Kier molecular flexibility index (Phi) is 3.38. The number of amides is 1. The molecule has 2 saturated heterocycles. The second-order valence-electron chi connectivity index (χ2n) is 5.12. The zero-order valence-corrected chi connectivity index (χ0v) is 11.1. The summed E-state index contributed by atoms with van der Waals surface area (Å²) in [6.45, 7) is 2.73. The lowest BCUT2D eigenvalue weighted by atomic mass is 9.95. The number of rotatable bonds is 4. The predicted molar refractivity (Wildman–Crippen MR) is 72.2 cm³/mol. The maximum Gasteiger partial charge on any atom is 0.255 e. The smallest absolute Gasteiger partial charge is 0.255 e. The van der Waals surface area contributed by atoms with Crippen LogP contribution in [0.25, 0.3) is 0 Å². The quantitative estimate of drug-likeness (QED) is 0.863. The number of nitrogens with one attached hydrogen (secondary N) is 2. The van der Waals surface area contributed by atoms with Gasteiger partial charge in [0.25, 0.3) is 5.91 Å². The Morgan fingerprint density at radius 1 is 1.53 bits per heavy atom. The molecule has 0 aliphatic carbocycles. The molecule has 3 rings (SSSR count). The van der Waals surface area contributed by atoms with E-state index in [2.05, 4.69) is 15.6 Å². The lowest BCUT2D eigenvalue weighted by Crippen LogP contribution is -2.41. The molecule has 102 valence electrons. The third-order valence-corrected chi connectivity index (χ3v) is 3.82. The van der Waals surface area contributed by atoms with E-state index in [-0.39, 0.29) is 18.1 Å². The van der Waals surface area contributed by atoms with Crippen molar-refractivity contribution in [1.29, 1.82) is 0 Å². The maximum atomic E-state index is 12.3. The second kappa shape index (κ2) is 5.17. The normalized spacial score (nSPS) is 28.4. The molecule has 19 heavy (non-hydrogen) atoms. The molecule has 2 aliphatic heterocycles. The van der Waals surface area contributed by atoms with Crippen molar-refractivity contribution in [3.05, 3.63) is 23.9 Å². The van der Waals surface area contributed by atoms with E-state index >= 15 is 0 Å². The van der Waals surface area contributed by atoms with E-state index < -0.39 is 0 Å². The van der Waals surface area contributed by atoms with Crippen LogP contribution in [0.3, 0.4) is 0 Å². The van der Waals surface area contributed by atoms with Crippen molar-refractivity contribution in [2.75, 3.05) is 11.9 Å². The highest BCUT2D eigenvalue weighted by atomic mass is 16.5. The predicted octanol–water partition coefficient (Wildman–Crippen LogP) is 1.56. The van der Waals surface area contributed by atoms with Gasteiger partial charge in [-0.1, -0.05) is 0 Å². The number of ether oxygens (including phenoxy) is 1. The third-order valence-electron chi connectivity index (χ3n) is 3.82. The highest BCUT2D eigenvalue weighted by molar-refractivity contribution is 5.98. The van der Waals surface area contributed by atoms with E-state index in [4.69, 9.17) is 4.74 Å². The van der Waals surface area contributed by atoms with Crippen LogP contribution in [-0.4, -0.2) is 35.7 Å². The lowest BCUT2D eigenvalue weighted by molar-refractivity contribution is 0.0841. The van der Waals surface area contributed by atoms with Crippen LogP contribution in [0, 0.1) is 0 Å². The molecule has 5 nitrogen and oxygen atoms in total. The number of aromatic nitrogens is 1. The first-order valence-corrected chi connectivity index (χ1v) is 6.93. The molecule has 2 fully saturated rings. The van der Waals surface area contributed by atoms with Gasteiger partial charge >= 0.3 is 0 Å². The van der Waals surface area contributed by atoms with Crippen LogP contribution in [-0.2, 0) is 4.74 Å². The Balaban J connectivity index is 1.70. The minimum absolute atomic E-state index is 0.0646. The maximum absolute atomic E-state index is 12.3. The molecule has 0 saturated carbocycles. The van der Waals surface area contributed by atoms with Crippen LogP contribution in [0.1, 0.15) is 36.5 Å². The van der Waals surface area contributed by atoms with Gasteiger partial charge in [0.1, 0.15) is 5.82 Å². The number of hydrogen-bond acceptors (Lipinski definition) is 4. The fraction of sp³-hybridized carbons (Fsp3) is 0.571. The van der Waals surface area contributed by atoms with Gasteiger partial charge in [-0.05, 0) is 38.3 Å². The summed E-state index contributed by atoms with van der Waals surface area (Å²) in [5.41, 5.74) is 0.604. The van der Waals surface area contributed by atoms with Gasteiger partial charge in [0.2, 0.25) is 0 Å². The molecular formula is C14H19N3O2. The molecule has 3 atom stereocenters. The summed E-state index contributed by atoms with van der Waals surface area (Å²) in [4.78, 5) is 16.5. The summed E-state index contributed by atoms with van der Waals surface area (Å²) in [7, 11) is 0. The Hall–Kier alpha value is -1.62. The molecule has 3 heterocycles. The molecular weight excluding hydrogens is 242 g/mol. The highest BCUT2D eigenvalue weighted by Gasteiger charge is 2.41. The van der Waals surface area contributed by atoms with Crippen LogP contribution in [0.4, 0.5) is 5.82 Å². The van der Waals surface area contributed by atoms with Crippen LogP contribution in [0.5, 0.6) is 0 Å². The number of anilines is 1. The number of fused-ring (bicyclic) bond motifs is 2. The standard InChI is InChI=1S/C14H19N3O2/c1-2-15-13-10(4-3-7-16-13)14(18)17-11-8-9-5-6-12(11)19-9/h3-4,7,9,11-12H,2,5-6,8H2,1H3,(H,15,16)(H,17,18). The average Bonchev–Trinajstić information content (AvgIpc) is 3.02. The molecule has 2 bridgehead atoms. The van der Waals surface area contributed by atoms with E-state index in [1.54, 1.807) is 18.3 Å². The summed E-state index contributed by atoms with van der Waals surface area (Å²) in [5, 5.41) is 6.19. The van der Waals surface area contributed by atoms with Crippen molar-refractivity contribution in [3.63, 3.8) is 0 Å². The molecule has 1 aromatic rings. The monoisotopic (exact) mass is 261 g/mol. The molecule has 2 N–H and O–H groups in total. The Morgan fingerprint density at radius 3 is 3.11 bits per heavy atom. The van der Waals surface area contributed by atoms with Crippen LogP contribution in [0.2, 0.25) is 0 Å². The van der Waals surface area contributed by atoms with Gasteiger partial charge in [-0.2, -0.15) is 0 Å². The minimum atomic E-state index is -0.0646. The topological polar surface area (TPSA) is 63.2 Å². The zero-order valence-electron chi connectivity index (χ0n) is 11.1. The fourth-order valence-electron chi connectivity index (χ4n) is 2.93. The number of hydrogen-bond donors (Lipinski definition) is 2. The molecule has 1 amide bonds. The second-order valence-corrected chi connectivity index (χ2v) is 5.12. The SMILES string of the molecule is CCNc1ncccc1C(=O)NC1CC2CCC1O2.